The predicted molar refractivity (Wildman–Crippen MR) is 61.6 cm³/mol. The molecule has 0 unspecified atom stereocenters. The number of nitrogens with one attached hydrogen (secondary N) is 1. The van der Waals surface area contributed by atoms with Crippen LogP contribution in [0.3, 0.4) is 0 Å². The normalized spacial score (nSPS) is 10.0. The van der Waals surface area contributed by atoms with Gasteiger partial charge in [-0.15, -0.1) is 11.6 Å². The molecule has 5 heteroatoms. The molecule has 0 amide bonds. The van der Waals surface area contributed by atoms with Crippen LogP contribution in [0.2, 0.25) is 0 Å². The molecule has 0 saturated heterocycles. The van der Waals surface area contributed by atoms with Crippen molar-refractivity contribution in [2.75, 3.05) is 24.3 Å². The molecule has 1 aromatic heterocycles. The Balaban J connectivity index is 2.42. The summed E-state index contributed by atoms with van der Waals surface area (Å²) in [6.07, 6.45) is 3.38. The molecule has 1 rings (SSSR count). The summed E-state index contributed by atoms with van der Waals surface area (Å²) in [5, 5.41) is 3.15. The van der Waals surface area contributed by atoms with E-state index < -0.39 is 0 Å². The smallest absolute Gasteiger partial charge is 0.218 e. The zero-order chi connectivity index (χ0) is 10.9. The number of anilines is 1. The van der Waals surface area contributed by atoms with Crippen molar-refractivity contribution in [1.29, 1.82) is 0 Å². The molecular formula is C10H16ClN3O. The molecule has 0 saturated carbocycles. The van der Waals surface area contributed by atoms with Gasteiger partial charge >= 0.3 is 0 Å². The topological polar surface area (TPSA) is 47.0 Å². The number of nitrogens with zero attached hydrogens (tertiary/aromatic N) is 2. The molecule has 0 aliphatic heterocycles. The molecule has 0 fully saturated rings. The van der Waals surface area contributed by atoms with Gasteiger partial charge in [0.15, 0.2) is 0 Å². The minimum Gasteiger partial charge on any atom is -0.478 e. The third-order valence-corrected chi connectivity index (χ3v) is 1.98. The van der Waals surface area contributed by atoms with Crippen LogP contribution in [0.25, 0.3) is 0 Å². The van der Waals surface area contributed by atoms with Gasteiger partial charge in [-0.05, 0) is 12.8 Å². The maximum atomic E-state index is 5.57. The molecule has 15 heavy (non-hydrogen) atoms. The van der Waals surface area contributed by atoms with Crippen LogP contribution >= 0.6 is 11.6 Å². The van der Waals surface area contributed by atoms with E-state index in [0.717, 1.165) is 25.2 Å². The van der Waals surface area contributed by atoms with Crippen LogP contribution in [-0.4, -0.2) is 29.0 Å². The minimum atomic E-state index is 0.611. The molecule has 1 heterocycles. The first-order chi connectivity index (χ1) is 7.36. The summed E-state index contributed by atoms with van der Waals surface area (Å²) in [7, 11) is 0. The van der Waals surface area contributed by atoms with Crippen LogP contribution in [0.1, 0.15) is 19.8 Å². The fourth-order valence-electron chi connectivity index (χ4n) is 1.00. The van der Waals surface area contributed by atoms with Crippen LogP contribution in [0.4, 0.5) is 5.82 Å². The van der Waals surface area contributed by atoms with Gasteiger partial charge in [-0.3, -0.25) is 0 Å². The Morgan fingerprint density at radius 3 is 3.07 bits per heavy atom. The largest absolute Gasteiger partial charge is 0.478 e. The molecule has 0 atom stereocenters. The van der Waals surface area contributed by atoms with Crippen molar-refractivity contribution in [1.82, 2.24) is 9.97 Å². The molecule has 1 aromatic rings. The van der Waals surface area contributed by atoms with Gasteiger partial charge in [0.1, 0.15) is 12.1 Å². The Labute approximate surface area is 95.0 Å². The maximum Gasteiger partial charge on any atom is 0.218 e. The molecule has 0 aliphatic rings. The van der Waals surface area contributed by atoms with E-state index in [1.54, 1.807) is 6.07 Å². The standard InChI is InChI=1S/C10H16ClN3O/c1-2-6-15-10-7-9(13-8-14-10)12-5-3-4-11/h7-8H,2-6H2,1H3,(H,12,13,14). The van der Waals surface area contributed by atoms with Gasteiger partial charge in [-0.2, -0.15) is 0 Å². The van der Waals surface area contributed by atoms with Crippen molar-refractivity contribution in [3.05, 3.63) is 12.4 Å². The third-order valence-electron chi connectivity index (χ3n) is 1.71. The number of alkyl halides is 1. The van der Waals surface area contributed by atoms with Gasteiger partial charge in [0.25, 0.3) is 0 Å². The predicted octanol–water partition coefficient (Wildman–Crippen LogP) is 2.31. The monoisotopic (exact) mass is 229 g/mol. The first kappa shape index (κ1) is 12.0. The van der Waals surface area contributed by atoms with E-state index >= 15 is 0 Å². The third kappa shape index (κ3) is 4.83. The van der Waals surface area contributed by atoms with Gasteiger partial charge in [0.2, 0.25) is 5.88 Å². The Kier molecular flexibility index (Phi) is 5.85. The molecule has 0 bridgehead atoms. The molecule has 0 spiro atoms. The van der Waals surface area contributed by atoms with Crippen molar-refractivity contribution in [3.8, 4) is 5.88 Å². The SMILES string of the molecule is CCCOc1cc(NCCCCl)ncn1. The molecule has 1 N–H and O–H groups in total. The van der Waals surface area contributed by atoms with E-state index in [2.05, 4.69) is 22.2 Å². The van der Waals surface area contributed by atoms with E-state index in [-0.39, 0.29) is 0 Å². The summed E-state index contributed by atoms with van der Waals surface area (Å²) < 4.78 is 5.38. The fourth-order valence-corrected chi connectivity index (χ4v) is 1.14. The summed E-state index contributed by atoms with van der Waals surface area (Å²) in [6.45, 7) is 3.55. The van der Waals surface area contributed by atoms with E-state index in [0.29, 0.717) is 18.4 Å². The lowest BCUT2D eigenvalue weighted by molar-refractivity contribution is 0.305. The highest BCUT2D eigenvalue weighted by Gasteiger charge is 1.98. The highest BCUT2D eigenvalue weighted by atomic mass is 35.5. The minimum absolute atomic E-state index is 0.611. The first-order valence-corrected chi connectivity index (χ1v) is 5.65. The van der Waals surface area contributed by atoms with Crippen molar-refractivity contribution < 1.29 is 4.74 Å². The Hall–Kier alpha value is -1.03. The molecule has 0 aliphatic carbocycles. The van der Waals surface area contributed by atoms with Crippen LogP contribution in [0.15, 0.2) is 12.4 Å². The number of aromatic nitrogens is 2. The zero-order valence-corrected chi connectivity index (χ0v) is 9.63. The van der Waals surface area contributed by atoms with Gasteiger partial charge < -0.3 is 10.1 Å². The molecular weight excluding hydrogens is 214 g/mol. The lowest BCUT2D eigenvalue weighted by atomic mass is 10.4. The van der Waals surface area contributed by atoms with E-state index in [4.69, 9.17) is 16.3 Å². The van der Waals surface area contributed by atoms with E-state index in [1.807, 2.05) is 0 Å². The Bertz CT molecular complexity index is 283. The fraction of sp³-hybridized carbons (Fsp3) is 0.600. The maximum absolute atomic E-state index is 5.57. The summed E-state index contributed by atoms with van der Waals surface area (Å²) in [5.74, 6) is 2.04. The first-order valence-electron chi connectivity index (χ1n) is 5.11. The lowest BCUT2D eigenvalue weighted by Crippen LogP contribution is -2.05. The van der Waals surface area contributed by atoms with E-state index in [1.165, 1.54) is 6.33 Å². The summed E-state index contributed by atoms with van der Waals surface area (Å²) in [5.41, 5.74) is 0. The van der Waals surface area contributed by atoms with Crippen LogP contribution in [-0.2, 0) is 0 Å². The number of hydrogen-bond donors (Lipinski definition) is 1. The van der Waals surface area contributed by atoms with Crippen molar-refractivity contribution in [3.63, 3.8) is 0 Å². The van der Waals surface area contributed by atoms with Gasteiger partial charge in [0, 0.05) is 18.5 Å². The molecule has 0 aromatic carbocycles. The van der Waals surface area contributed by atoms with Crippen LogP contribution in [0.5, 0.6) is 5.88 Å². The lowest BCUT2D eigenvalue weighted by Gasteiger charge is -2.06. The van der Waals surface area contributed by atoms with Gasteiger partial charge in [-0.1, -0.05) is 6.92 Å². The van der Waals surface area contributed by atoms with E-state index in [9.17, 15) is 0 Å². The number of halogens is 1. The highest BCUT2D eigenvalue weighted by molar-refractivity contribution is 6.17. The van der Waals surface area contributed by atoms with Crippen molar-refractivity contribution in [2.45, 2.75) is 19.8 Å². The van der Waals surface area contributed by atoms with Crippen molar-refractivity contribution >= 4 is 17.4 Å². The van der Waals surface area contributed by atoms with Crippen molar-refractivity contribution in [2.24, 2.45) is 0 Å². The highest BCUT2D eigenvalue weighted by Crippen LogP contribution is 2.10. The summed E-state index contributed by atoms with van der Waals surface area (Å²) >= 11 is 5.57. The number of rotatable bonds is 7. The second-order valence-corrected chi connectivity index (χ2v) is 3.44. The Morgan fingerprint density at radius 2 is 2.33 bits per heavy atom. The molecule has 0 radical (unpaired) electrons. The quantitative estimate of drug-likeness (QED) is 0.576. The van der Waals surface area contributed by atoms with Gasteiger partial charge in [0.05, 0.1) is 6.61 Å². The molecule has 84 valence electrons. The zero-order valence-electron chi connectivity index (χ0n) is 8.87. The molecule has 4 nitrogen and oxygen atoms in total. The van der Waals surface area contributed by atoms with Gasteiger partial charge in [-0.25, -0.2) is 9.97 Å². The van der Waals surface area contributed by atoms with Crippen LogP contribution < -0.4 is 10.1 Å². The second-order valence-electron chi connectivity index (χ2n) is 3.06. The second kappa shape index (κ2) is 7.29. The summed E-state index contributed by atoms with van der Waals surface area (Å²) in [4.78, 5) is 8.08. The number of ether oxygens (including phenoxy) is 1. The average molecular weight is 230 g/mol. The Morgan fingerprint density at radius 1 is 1.47 bits per heavy atom. The average Bonchev–Trinajstić information content (AvgIpc) is 2.27. The van der Waals surface area contributed by atoms with Crippen LogP contribution in [0, 0.1) is 0 Å². The number of hydrogen-bond acceptors (Lipinski definition) is 4. The summed E-state index contributed by atoms with van der Waals surface area (Å²) in [6, 6.07) is 1.80.